The van der Waals surface area contributed by atoms with Crippen LogP contribution in [-0.4, -0.2) is 59.0 Å². The van der Waals surface area contributed by atoms with Gasteiger partial charge in [-0.2, -0.15) is 0 Å². The van der Waals surface area contributed by atoms with Crippen LogP contribution in [0.25, 0.3) is 0 Å². The average molecular weight is 374 g/mol. The molecule has 0 atom stereocenters. The van der Waals surface area contributed by atoms with Gasteiger partial charge in [0.15, 0.2) is 0 Å². The van der Waals surface area contributed by atoms with Crippen molar-refractivity contribution in [2.75, 3.05) is 43.0 Å². The van der Waals surface area contributed by atoms with Crippen molar-refractivity contribution in [1.82, 2.24) is 19.9 Å². The molecule has 1 saturated heterocycles. The normalized spacial score (nSPS) is 14.0. The first-order chi connectivity index (χ1) is 13.7. The van der Waals surface area contributed by atoms with Crippen LogP contribution in [0, 0.1) is 0 Å². The average Bonchev–Trinajstić information content (AvgIpc) is 2.79. The third-order valence-electron chi connectivity index (χ3n) is 4.90. The number of carbonyl (C=O) groups is 1. The molecule has 7 nitrogen and oxygen atoms in total. The number of para-hydroxylation sites is 1. The Morgan fingerprint density at radius 1 is 0.929 bits per heavy atom. The van der Waals surface area contributed by atoms with Gasteiger partial charge in [0.2, 0.25) is 0 Å². The molecule has 0 unspecified atom stereocenters. The second-order valence-electron chi connectivity index (χ2n) is 6.62. The zero-order valence-electron chi connectivity index (χ0n) is 15.8. The minimum atomic E-state index is -0.0641. The summed E-state index contributed by atoms with van der Waals surface area (Å²) in [6.07, 6.45) is 3.24. The molecule has 0 saturated carbocycles. The molecule has 28 heavy (non-hydrogen) atoms. The van der Waals surface area contributed by atoms with Crippen molar-refractivity contribution in [3.8, 4) is 0 Å². The minimum Gasteiger partial charge on any atom is -0.353 e. The molecular formula is C21H22N6O. The summed E-state index contributed by atoms with van der Waals surface area (Å²) in [4.78, 5) is 31.8. The number of nitrogens with zero attached hydrogens (tertiary/aromatic N) is 6. The fourth-order valence-electron chi connectivity index (χ4n) is 3.27. The number of anilines is 3. The topological polar surface area (TPSA) is 65.5 Å². The number of aromatic nitrogens is 3. The van der Waals surface area contributed by atoms with Gasteiger partial charge in [-0.15, -0.1) is 0 Å². The van der Waals surface area contributed by atoms with E-state index in [1.165, 1.54) is 6.33 Å². The lowest BCUT2D eigenvalue weighted by molar-refractivity contribution is 0.0740. The van der Waals surface area contributed by atoms with E-state index in [0.717, 1.165) is 24.6 Å². The summed E-state index contributed by atoms with van der Waals surface area (Å²) in [7, 11) is 1.93. The summed E-state index contributed by atoms with van der Waals surface area (Å²) in [5, 5.41) is 0. The summed E-state index contributed by atoms with van der Waals surface area (Å²) in [6, 6.07) is 17.5. The lowest BCUT2D eigenvalue weighted by Crippen LogP contribution is -2.49. The summed E-state index contributed by atoms with van der Waals surface area (Å²) in [5.41, 5.74) is 1.42. The Morgan fingerprint density at radius 2 is 1.68 bits per heavy atom. The van der Waals surface area contributed by atoms with Gasteiger partial charge in [0.1, 0.15) is 23.7 Å². The second kappa shape index (κ2) is 8.04. The van der Waals surface area contributed by atoms with Crippen molar-refractivity contribution >= 4 is 23.2 Å². The van der Waals surface area contributed by atoms with Crippen molar-refractivity contribution in [3.05, 3.63) is 72.8 Å². The molecule has 1 aliphatic rings. The molecule has 0 N–H and O–H groups in total. The Bertz CT molecular complexity index is 926. The summed E-state index contributed by atoms with van der Waals surface area (Å²) >= 11 is 0. The Kier molecular flexibility index (Phi) is 5.14. The number of hydrogen-bond acceptors (Lipinski definition) is 6. The fourth-order valence-corrected chi connectivity index (χ4v) is 3.27. The molecule has 0 spiro atoms. The van der Waals surface area contributed by atoms with Crippen LogP contribution in [0.5, 0.6) is 0 Å². The molecule has 2 aromatic heterocycles. The van der Waals surface area contributed by atoms with Gasteiger partial charge in [-0.1, -0.05) is 24.3 Å². The van der Waals surface area contributed by atoms with Gasteiger partial charge in [-0.05, 0) is 24.3 Å². The van der Waals surface area contributed by atoms with Crippen LogP contribution in [0.4, 0.5) is 17.3 Å². The number of pyridine rings is 1. The van der Waals surface area contributed by atoms with Crippen molar-refractivity contribution in [3.63, 3.8) is 0 Å². The zero-order chi connectivity index (χ0) is 19.3. The Hall–Kier alpha value is -3.48. The molecule has 1 fully saturated rings. The molecule has 142 valence electrons. The van der Waals surface area contributed by atoms with Crippen LogP contribution in [0.3, 0.4) is 0 Å². The summed E-state index contributed by atoms with van der Waals surface area (Å²) < 4.78 is 0. The van der Waals surface area contributed by atoms with E-state index >= 15 is 0 Å². The highest BCUT2D eigenvalue weighted by molar-refractivity contribution is 5.93. The molecule has 7 heteroatoms. The Morgan fingerprint density at radius 3 is 2.39 bits per heavy atom. The third-order valence-corrected chi connectivity index (χ3v) is 4.90. The SMILES string of the molecule is CN(c1ccccc1)c1cc(C(=O)N2CCN(c3ccccn3)CC2)ncn1. The van der Waals surface area contributed by atoms with E-state index < -0.39 is 0 Å². The predicted octanol–water partition coefficient (Wildman–Crippen LogP) is 2.60. The lowest BCUT2D eigenvalue weighted by atomic mass is 10.2. The van der Waals surface area contributed by atoms with Gasteiger partial charge in [-0.3, -0.25) is 4.79 Å². The maximum absolute atomic E-state index is 12.9. The van der Waals surface area contributed by atoms with Gasteiger partial charge in [0.25, 0.3) is 5.91 Å². The van der Waals surface area contributed by atoms with Gasteiger partial charge in [-0.25, -0.2) is 15.0 Å². The van der Waals surface area contributed by atoms with Crippen molar-refractivity contribution in [1.29, 1.82) is 0 Å². The molecule has 1 aliphatic heterocycles. The van der Waals surface area contributed by atoms with Gasteiger partial charge in [0.05, 0.1) is 0 Å². The van der Waals surface area contributed by atoms with E-state index in [2.05, 4.69) is 19.9 Å². The number of hydrogen-bond donors (Lipinski definition) is 0. The van der Waals surface area contributed by atoms with Crippen molar-refractivity contribution in [2.24, 2.45) is 0 Å². The van der Waals surface area contributed by atoms with E-state index in [9.17, 15) is 4.79 Å². The lowest BCUT2D eigenvalue weighted by Gasteiger charge is -2.35. The first-order valence-electron chi connectivity index (χ1n) is 9.28. The number of carbonyl (C=O) groups excluding carboxylic acids is 1. The van der Waals surface area contributed by atoms with E-state index in [1.54, 1.807) is 12.3 Å². The van der Waals surface area contributed by atoms with Crippen LogP contribution in [0.1, 0.15) is 10.5 Å². The minimum absolute atomic E-state index is 0.0641. The smallest absolute Gasteiger partial charge is 0.272 e. The highest BCUT2D eigenvalue weighted by atomic mass is 16.2. The van der Waals surface area contributed by atoms with Gasteiger partial charge < -0.3 is 14.7 Å². The largest absolute Gasteiger partial charge is 0.353 e. The number of amides is 1. The first kappa shape index (κ1) is 17.9. The maximum atomic E-state index is 12.9. The van der Waals surface area contributed by atoms with Crippen molar-refractivity contribution < 1.29 is 4.79 Å². The molecule has 3 heterocycles. The first-order valence-corrected chi connectivity index (χ1v) is 9.28. The molecule has 0 radical (unpaired) electrons. The highest BCUT2D eigenvalue weighted by Crippen LogP contribution is 2.21. The van der Waals surface area contributed by atoms with E-state index in [1.807, 2.05) is 65.4 Å². The van der Waals surface area contributed by atoms with E-state index in [-0.39, 0.29) is 5.91 Å². The van der Waals surface area contributed by atoms with E-state index in [0.29, 0.717) is 24.6 Å². The number of benzene rings is 1. The maximum Gasteiger partial charge on any atom is 0.272 e. The Labute approximate surface area is 164 Å². The monoisotopic (exact) mass is 374 g/mol. The summed E-state index contributed by atoms with van der Waals surface area (Å²) in [6.45, 7) is 2.79. The van der Waals surface area contributed by atoms with Crippen LogP contribution >= 0.6 is 0 Å². The molecule has 3 aromatic rings. The quantitative estimate of drug-likeness (QED) is 0.699. The molecule has 1 amide bonds. The van der Waals surface area contributed by atoms with E-state index in [4.69, 9.17) is 0 Å². The highest BCUT2D eigenvalue weighted by Gasteiger charge is 2.24. The number of rotatable bonds is 4. The zero-order valence-corrected chi connectivity index (χ0v) is 15.8. The number of piperazine rings is 1. The van der Waals surface area contributed by atoms with Crippen LogP contribution in [-0.2, 0) is 0 Å². The molecule has 0 aliphatic carbocycles. The molecular weight excluding hydrogens is 352 g/mol. The van der Waals surface area contributed by atoms with Gasteiger partial charge in [0, 0.05) is 51.2 Å². The van der Waals surface area contributed by atoms with Crippen LogP contribution in [0.2, 0.25) is 0 Å². The van der Waals surface area contributed by atoms with Gasteiger partial charge >= 0.3 is 0 Å². The molecule has 1 aromatic carbocycles. The predicted molar refractivity (Wildman–Crippen MR) is 109 cm³/mol. The second-order valence-corrected chi connectivity index (χ2v) is 6.62. The Balaban J connectivity index is 1.44. The molecule has 4 rings (SSSR count). The van der Waals surface area contributed by atoms with Crippen LogP contribution in [0.15, 0.2) is 67.1 Å². The summed E-state index contributed by atoms with van der Waals surface area (Å²) in [5.74, 6) is 1.57. The van der Waals surface area contributed by atoms with Crippen LogP contribution < -0.4 is 9.80 Å². The standard InChI is InChI=1S/C21H22N6O/c1-25(17-7-3-2-4-8-17)20-15-18(23-16-24-20)21(28)27-13-11-26(12-14-27)19-9-5-6-10-22-19/h2-10,15-16H,11-14H2,1H3. The molecule has 0 bridgehead atoms. The van der Waals surface area contributed by atoms with Crippen molar-refractivity contribution in [2.45, 2.75) is 0 Å². The third kappa shape index (κ3) is 3.78. The fraction of sp³-hybridized carbons (Fsp3) is 0.238.